The molecule has 2 aromatic carbocycles. The molecule has 5 nitrogen and oxygen atoms in total. The van der Waals surface area contributed by atoms with Crippen LogP contribution in [0.4, 0.5) is 0 Å². The highest BCUT2D eigenvalue weighted by Gasteiger charge is 2.18. The fourth-order valence-corrected chi connectivity index (χ4v) is 4.52. The lowest BCUT2D eigenvalue weighted by atomic mass is 10.2. The summed E-state index contributed by atoms with van der Waals surface area (Å²) in [5.41, 5.74) is 2.35. The van der Waals surface area contributed by atoms with Gasteiger partial charge in [0.25, 0.3) is 0 Å². The van der Waals surface area contributed by atoms with E-state index in [1.54, 1.807) is 12.1 Å². The van der Waals surface area contributed by atoms with Gasteiger partial charge in [0, 0.05) is 30.0 Å². The largest absolute Gasteiger partial charge is 0.493 e. The molecule has 0 aromatic heterocycles. The van der Waals surface area contributed by atoms with Crippen LogP contribution in [0.25, 0.3) is 0 Å². The van der Waals surface area contributed by atoms with Gasteiger partial charge in [0.05, 0.1) is 11.5 Å². The zero-order valence-electron chi connectivity index (χ0n) is 15.9. The molecule has 1 aliphatic heterocycles. The Labute approximate surface area is 176 Å². The molecule has 7 heteroatoms. The van der Waals surface area contributed by atoms with Crippen molar-refractivity contribution < 1.29 is 13.2 Å². The molecular weight excluding hydrogens is 440 g/mol. The van der Waals surface area contributed by atoms with Gasteiger partial charge < -0.3 is 10.1 Å². The van der Waals surface area contributed by atoms with E-state index in [9.17, 15) is 8.42 Å². The van der Waals surface area contributed by atoms with Crippen LogP contribution >= 0.6 is 15.9 Å². The van der Waals surface area contributed by atoms with Crippen molar-refractivity contribution in [2.75, 3.05) is 19.7 Å². The molecule has 28 heavy (non-hydrogen) atoms. The molecule has 2 N–H and O–H groups in total. The second-order valence-corrected chi connectivity index (χ2v) is 9.67. The number of benzene rings is 2. The van der Waals surface area contributed by atoms with Crippen molar-refractivity contribution in [1.82, 2.24) is 10.0 Å². The van der Waals surface area contributed by atoms with Gasteiger partial charge in [-0.3, -0.25) is 0 Å². The molecule has 0 saturated carbocycles. The Hall–Kier alpha value is -1.41. The van der Waals surface area contributed by atoms with E-state index in [0.717, 1.165) is 55.2 Å². The summed E-state index contributed by atoms with van der Waals surface area (Å²) in [6.45, 7) is 2.94. The van der Waals surface area contributed by atoms with Crippen LogP contribution in [-0.4, -0.2) is 28.1 Å². The van der Waals surface area contributed by atoms with Crippen LogP contribution in [0.5, 0.6) is 5.75 Å². The average Bonchev–Trinajstić information content (AvgIpc) is 3.16. The van der Waals surface area contributed by atoms with E-state index in [0.29, 0.717) is 18.9 Å². The fraction of sp³-hybridized carbons (Fsp3) is 0.429. The summed E-state index contributed by atoms with van der Waals surface area (Å²) in [5, 5.41) is 3.44. The van der Waals surface area contributed by atoms with Crippen molar-refractivity contribution >= 4 is 26.0 Å². The minimum atomic E-state index is -3.46. The molecule has 0 bridgehead atoms. The third-order valence-corrected chi connectivity index (χ3v) is 6.78. The molecule has 0 atom stereocenters. The van der Waals surface area contributed by atoms with E-state index in [1.807, 2.05) is 18.2 Å². The second-order valence-electron chi connectivity index (χ2n) is 6.98. The van der Waals surface area contributed by atoms with Gasteiger partial charge in [-0.05, 0) is 48.7 Å². The highest BCUT2D eigenvalue weighted by Crippen LogP contribution is 2.27. The molecule has 0 fully saturated rings. The molecule has 0 unspecified atom stereocenters. The molecule has 152 valence electrons. The minimum absolute atomic E-state index is 0.283. The maximum atomic E-state index is 12.4. The maximum absolute atomic E-state index is 12.4. The molecule has 0 saturated heterocycles. The Morgan fingerprint density at radius 1 is 0.964 bits per heavy atom. The van der Waals surface area contributed by atoms with Crippen molar-refractivity contribution in [3.8, 4) is 5.75 Å². The number of fused-ring (bicyclic) bond motifs is 1. The third kappa shape index (κ3) is 6.30. The standard InChI is InChI=1S/C21H27BrN2O3S/c22-19-8-5-17(6-9-19)16-23-12-3-1-2-4-13-24-28(25,26)20-10-7-18-11-14-27-21(18)15-20/h5-10,15,23-24H,1-4,11-14,16H2. The molecular formula is C21H27BrN2O3S. The van der Waals surface area contributed by atoms with Gasteiger partial charge in [-0.15, -0.1) is 0 Å². The summed E-state index contributed by atoms with van der Waals surface area (Å²) in [6, 6.07) is 13.4. The SMILES string of the molecule is O=S(=O)(NCCCCCCNCc1ccc(Br)cc1)c1ccc2c(c1)OCC2. The van der Waals surface area contributed by atoms with Crippen molar-refractivity contribution in [2.45, 2.75) is 43.5 Å². The molecule has 2 aromatic rings. The third-order valence-electron chi connectivity index (χ3n) is 4.79. The summed E-state index contributed by atoms with van der Waals surface area (Å²) in [5.74, 6) is 0.693. The van der Waals surface area contributed by atoms with E-state index in [4.69, 9.17) is 4.74 Å². The van der Waals surface area contributed by atoms with Crippen LogP contribution < -0.4 is 14.8 Å². The van der Waals surface area contributed by atoms with E-state index >= 15 is 0 Å². The second kappa shape index (κ2) is 10.4. The summed E-state index contributed by atoms with van der Waals surface area (Å²) >= 11 is 3.44. The first kappa shape index (κ1) is 21.3. The number of ether oxygens (including phenoxy) is 1. The Balaban J connectivity index is 1.27. The zero-order chi connectivity index (χ0) is 19.8. The Bertz CT molecular complexity index is 870. The number of unbranched alkanes of at least 4 members (excludes halogenated alkanes) is 3. The number of hydrogen-bond donors (Lipinski definition) is 2. The maximum Gasteiger partial charge on any atom is 0.240 e. The predicted molar refractivity (Wildman–Crippen MR) is 115 cm³/mol. The van der Waals surface area contributed by atoms with Gasteiger partial charge in [-0.1, -0.05) is 47.0 Å². The average molecular weight is 467 g/mol. The van der Waals surface area contributed by atoms with Gasteiger partial charge in [0.2, 0.25) is 10.0 Å². The van der Waals surface area contributed by atoms with Crippen LogP contribution in [0.15, 0.2) is 51.8 Å². The quantitative estimate of drug-likeness (QED) is 0.490. The van der Waals surface area contributed by atoms with Crippen LogP contribution in [0, 0.1) is 0 Å². The Morgan fingerprint density at radius 2 is 1.71 bits per heavy atom. The summed E-state index contributed by atoms with van der Waals surface area (Å²) in [6.07, 6.45) is 4.87. The first-order chi connectivity index (χ1) is 13.5. The molecule has 0 aliphatic carbocycles. The van der Waals surface area contributed by atoms with E-state index in [2.05, 4.69) is 38.1 Å². The lowest BCUT2D eigenvalue weighted by molar-refractivity contribution is 0.356. The van der Waals surface area contributed by atoms with Crippen LogP contribution in [-0.2, 0) is 23.0 Å². The van der Waals surface area contributed by atoms with E-state index in [1.165, 1.54) is 5.56 Å². The molecule has 1 aliphatic rings. The highest BCUT2D eigenvalue weighted by atomic mass is 79.9. The normalized spacial score (nSPS) is 13.3. The lowest BCUT2D eigenvalue weighted by Gasteiger charge is -2.08. The number of rotatable bonds is 11. The number of hydrogen-bond acceptors (Lipinski definition) is 4. The molecule has 0 spiro atoms. The highest BCUT2D eigenvalue weighted by molar-refractivity contribution is 9.10. The van der Waals surface area contributed by atoms with Gasteiger partial charge in [0.1, 0.15) is 5.75 Å². The summed E-state index contributed by atoms with van der Waals surface area (Å²) in [7, 11) is -3.46. The topological polar surface area (TPSA) is 67.4 Å². The van der Waals surface area contributed by atoms with E-state index in [-0.39, 0.29) is 4.90 Å². The first-order valence-electron chi connectivity index (χ1n) is 9.75. The monoisotopic (exact) mass is 466 g/mol. The molecule has 3 rings (SSSR count). The van der Waals surface area contributed by atoms with Crippen molar-refractivity contribution in [3.63, 3.8) is 0 Å². The first-order valence-corrected chi connectivity index (χ1v) is 12.0. The van der Waals surface area contributed by atoms with Gasteiger partial charge >= 0.3 is 0 Å². The smallest absolute Gasteiger partial charge is 0.240 e. The minimum Gasteiger partial charge on any atom is -0.493 e. The fourth-order valence-electron chi connectivity index (χ4n) is 3.17. The summed E-state index contributed by atoms with van der Waals surface area (Å²) in [4.78, 5) is 0.283. The molecule has 0 amide bonds. The van der Waals surface area contributed by atoms with Gasteiger partial charge in [0.15, 0.2) is 0 Å². The van der Waals surface area contributed by atoms with E-state index < -0.39 is 10.0 Å². The Kier molecular flexibility index (Phi) is 7.91. The van der Waals surface area contributed by atoms with Crippen molar-refractivity contribution in [3.05, 3.63) is 58.1 Å². The Morgan fingerprint density at radius 3 is 2.50 bits per heavy atom. The number of sulfonamides is 1. The van der Waals surface area contributed by atoms with Crippen LogP contribution in [0.2, 0.25) is 0 Å². The van der Waals surface area contributed by atoms with Crippen molar-refractivity contribution in [2.24, 2.45) is 0 Å². The molecule has 1 heterocycles. The van der Waals surface area contributed by atoms with Crippen LogP contribution in [0.1, 0.15) is 36.8 Å². The zero-order valence-corrected chi connectivity index (χ0v) is 18.3. The lowest BCUT2D eigenvalue weighted by Crippen LogP contribution is -2.24. The van der Waals surface area contributed by atoms with Gasteiger partial charge in [-0.2, -0.15) is 0 Å². The van der Waals surface area contributed by atoms with Crippen molar-refractivity contribution in [1.29, 1.82) is 0 Å². The predicted octanol–water partition coefficient (Wildman–Crippen LogP) is 4.01. The summed E-state index contributed by atoms with van der Waals surface area (Å²) < 4.78 is 34.0. The number of nitrogens with one attached hydrogen (secondary N) is 2. The van der Waals surface area contributed by atoms with Gasteiger partial charge in [-0.25, -0.2) is 13.1 Å². The van der Waals surface area contributed by atoms with Crippen LogP contribution in [0.3, 0.4) is 0 Å². The molecule has 0 radical (unpaired) electrons. The number of halogens is 1.